The number of H-pyrrole nitrogens is 1. The number of aromatic amines is 1. The highest BCUT2D eigenvalue weighted by Gasteiger charge is 2.34. The van der Waals surface area contributed by atoms with E-state index in [-0.39, 0.29) is 11.5 Å². The third-order valence-corrected chi connectivity index (χ3v) is 6.68. The maximum absolute atomic E-state index is 13.5. The van der Waals surface area contributed by atoms with E-state index in [9.17, 15) is 9.59 Å². The van der Waals surface area contributed by atoms with Crippen LogP contribution in [0.5, 0.6) is 11.5 Å². The summed E-state index contributed by atoms with van der Waals surface area (Å²) in [6.07, 6.45) is 1.48. The Morgan fingerprint density at radius 2 is 1.87 bits per heavy atom. The molecule has 1 unspecified atom stereocenters. The van der Waals surface area contributed by atoms with Crippen LogP contribution in [0.3, 0.4) is 0 Å². The van der Waals surface area contributed by atoms with E-state index in [2.05, 4.69) is 25.4 Å². The molecule has 3 aromatic heterocycles. The Balaban J connectivity index is 1.53. The highest BCUT2D eigenvalue weighted by atomic mass is 16.5. The SMILES string of the molecule is COCCn1nnnc1C(c1cc2cc(OC)c(OC)cc2[nH]c1=O)N1CCN(C(=O)c2ccco2)CC1. The van der Waals surface area contributed by atoms with Gasteiger partial charge in [-0.25, -0.2) is 4.68 Å². The lowest BCUT2D eigenvalue weighted by Crippen LogP contribution is -2.50. The zero-order chi connectivity index (χ0) is 26.6. The van der Waals surface area contributed by atoms with Crippen LogP contribution in [0.15, 0.2) is 45.8 Å². The van der Waals surface area contributed by atoms with E-state index < -0.39 is 6.04 Å². The van der Waals surface area contributed by atoms with Crippen LogP contribution < -0.4 is 15.0 Å². The fourth-order valence-corrected chi connectivity index (χ4v) is 4.74. The molecule has 0 saturated carbocycles. The molecule has 1 saturated heterocycles. The maximum atomic E-state index is 13.5. The molecular weight excluding hydrogens is 494 g/mol. The van der Waals surface area contributed by atoms with Crippen molar-refractivity contribution in [1.29, 1.82) is 0 Å². The summed E-state index contributed by atoms with van der Waals surface area (Å²) in [5.41, 5.74) is 0.817. The molecule has 1 atom stereocenters. The summed E-state index contributed by atoms with van der Waals surface area (Å²) in [5.74, 6) is 1.71. The number of methoxy groups -OCH3 is 3. The number of carbonyl (C=O) groups is 1. The summed E-state index contributed by atoms with van der Waals surface area (Å²) in [6, 6.07) is 8.16. The number of nitrogens with one attached hydrogen (secondary N) is 1. The van der Waals surface area contributed by atoms with Crippen LogP contribution in [0.4, 0.5) is 0 Å². The first-order valence-corrected chi connectivity index (χ1v) is 12.1. The van der Waals surface area contributed by atoms with Gasteiger partial charge in [-0.3, -0.25) is 14.5 Å². The second kappa shape index (κ2) is 11.0. The van der Waals surface area contributed by atoms with Crippen LogP contribution in [0.25, 0.3) is 10.9 Å². The number of hydrogen-bond donors (Lipinski definition) is 1. The number of tetrazole rings is 1. The maximum Gasteiger partial charge on any atom is 0.289 e. The molecule has 13 heteroatoms. The molecule has 1 aliphatic heterocycles. The Kier molecular flexibility index (Phi) is 7.38. The van der Waals surface area contributed by atoms with Gasteiger partial charge in [-0.15, -0.1) is 5.10 Å². The summed E-state index contributed by atoms with van der Waals surface area (Å²) in [7, 11) is 4.71. The van der Waals surface area contributed by atoms with Crippen molar-refractivity contribution >= 4 is 16.8 Å². The molecule has 5 rings (SSSR count). The van der Waals surface area contributed by atoms with Gasteiger partial charge >= 0.3 is 0 Å². The largest absolute Gasteiger partial charge is 0.493 e. The van der Waals surface area contributed by atoms with Crippen molar-refractivity contribution in [2.24, 2.45) is 0 Å². The number of benzene rings is 1. The van der Waals surface area contributed by atoms with E-state index >= 15 is 0 Å². The van der Waals surface area contributed by atoms with E-state index in [0.717, 1.165) is 5.39 Å². The van der Waals surface area contributed by atoms with Crippen molar-refractivity contribution in [1.82, 2.24) is 35.0 Å². The molecule has 1 amide bonds. The topological polar surface area (TPSA) is 141 Å². The number of amides is 1. The van der Waals surface area contributed by atoms with Crippen molar-refractivity contribution < 1.29 is 23.4 Å². The fourth-order valence-electron chi connectivity index (χ4n) is 4.74. The van der Waals surface area contributed by atoms with Crippen LogP contribution in [0.1, 0.15) is 28.0 Å². The number of aromatic nitrogens is 5. The number of furan rings is 1. The predicted molar refractivity (Wildman–Crippen MR) is 135 cm³/mol. The van der Waals surface area contributed by atoms with E-state index in [1.54, 1.807) is 49.1 Å². The molecule has 13 nitrogen and oxygen atoms in total. The monoisotopic (exact) mass is 523 g/mol. The molecule has 1 aromatic carbocycles. The van der Waals surface area contributed by atoms with Gasteiger partial charge < -0.3 is 28.5 Å². The summed E-state index contributed by atoms with van der Waals surface area (Å²) in [5, 5.41) is 13.1. The lowest BCUT2D eigenvalue weighted by atomic mass is 10.0. The van der Waals surface area contributed by atoms with Gasteiger partial charge in [-0.1, -0.05) is 0 Å². The summed E-state index contributed by atoms with van der Waals surface area (Å²) >= 11 is 0. The quantitative estimate of drug-likeness (QED) is 0.341. The van der Waals surface area contributed by atoms with Crippen molar-refractivity contribution in [3.63, 3.8) is 0 Å². The van der Waals surface area contributed by atoms with Gasteiger partial charge in [0.25, 0.3) is 11.5 Å². The van der Waals surface area contributed by atoms with Gasteiger partial charge in [-0.2, -0.15) is 0 Å². The van der Waals surface area contributed by atoms with Gasteiger partial charge in [0.2, 0.25) is 0 Å². The second-order valence-corrected chi connectivity index (χ2v) is 8.81. The summed E-state index contributed by atoms with van der Waals surface area (Å²) < 4.78 is 23.0. The van der Waals surface area contributed by atoms with Gasteiger partial charge in [0.05, 0.1) is 39.2 Å². The van der Waals surface area contributed by atoms with E-state index in [0.29, 0.717) is 73.5 Å². The van der Waals surface area contributed by atoms with Gasteiger partial charge in [-0.05, 0) is 34.7 Å². The molecule has 0 spiro atoms. The van der Waals surface area contributed by atoms with Crippen LogP contribution in [0, 0.1) is 0 Å². The highest BCUT2D eigenvalue weighted by Crippen LogP contribution is 2.33. The average Bonchev–Trinajstić information content (AvgIpc) is 3.64. The van der Waals surface area contributed by atoms with Gasteiger partial charge in [0, 0.05) is 50.3 Å². The Morgan fingerprint density at radius 3 is 2.55 bits per heavy atom. The number of piperazine rings is 1. The van der Waals surface area contributed by atoms with E-state index in [4.69, 9.17) is 18.6 Å². The van der Waals surface area contributed by atoms with Crippen LogP contribution in [0.2, 0.25) is 0 Å². The molecule has 1 aliphatic rings. The molecule has 200 valence electrons. The standard InChI is InChI=1S/C25H29N7O6/c1-35-12-10-32-23(27-28-29-32)22(30-6-8-31(9-7-30)25(34)19-5-4-11-38-19)17-13-16-14-20(36-2)21(37-3)15-18(16)26-24(17)33/h4-5,11,13-15,22H,6-10,12H2,1-3H3,(H,26,33). The van der Waals surface area contributed by atoms with Crippen molar-refractivity contribution in [2.75, 3.05) is 54.1 Å². The molecule has 4 heterocycles. The first kappa shape index (κ1) is 25.4. The Hall–Kier alpha value is -4.23. The minimum atomic E-state index is -0.566. The Labute approximate surface area is 217 Å². The lowest BCUT2D eigenvalue weighted by Gasteiger charge is -2.38. The first-order valence-electron chi connectivity index (χ1n) is 12.1. The van der Waals surface area contributed by atoms with Crippen LogP contribution in [-0.4, -0.2) is 95.0 Å². The first-order chi connectivity index (χ1) is 18.5. The van der Waals surface area contributed by atoms with Crippen molar-refractivity contribution in [3.8, 4) is 11.5 Å². The predicted octanol–water partition coefficient (Wildman–Crippen LogP) is 1.32. The number of fused-ring (bicyclic) bond motifs is 1. The van der Waals surface area contributed by atoms with E-state index in [1.807, 2.05) is 12.1 Å². The third kappa shape index (κ3) is 4.85. The smallest absolute Gasteiger partial charge is 0.289 e. The fraction of sp³-hybridized carbons (Fsp3) is 0.400. The molecule has 1 fully saturated rings. The highest BCUT2D eigenvalue weighted by molar-refractivity contribution is 5.91. The number of rotatable bonds is 9. The van der Waals surface area contributed by atoms with Gasteiger partial charge in [0.1, 0.15) is 6.04 Å². The van der Waals surface area contributed by atoms with Crippen molar-refractivity contribution in [2.45, 2.75) is 12.6 Å². The lowest BCUT2D eigenvalue weighted by molar-refractivity contribution is 0.0557. The van der Waals surface area contributed by atoms with Gasteiger partial charge in [0.15, 0.2) is 23.1 Å². The number of pyridine rings is 1. The minimum Gasteiger partial charge on any atom is -0.493 e. The number of carbonyl (C=O) groups excluding carboxylic acids is 1. The zero-order valence-electron chi connectivity index (χ0n) is 21.4. The molecular formula is C25H29N7O6. The summed E-state index contributed by atoms with van der Waals surface area (Å²) in [6.45, 7) is 2.72. The average molecular weight is 524 g/mol. The van der Waals surface area contributed by atoms with Crippen LogP contribution >= 0.6 is 0 Å². The zero-order valence-corrected chi connectivity index (χ0v) is 21.4. The Bertz CT molecular complexity index is 1460. The molecule has 4 aromatic rings. The molecule has 1 N–H and O–H groups in total. The summed E-state index contributed by atoms with van der Waals surface area (Å²) in [4.78, 5) is 33.1. The molecule has 0 bridgehead atoms. The third-order valence-electron chi connectivity index (χ3n) is 6.68. The molecule has 0 aliphatic carbocycles. The minimum absolute atomic E-state index is 0.166. The number of ether oxygens (including phenoxy) is 3. The molecule has 0 radical (unpaired) electrons. The number of nitrogens with zero attached hydrogens (tertiary/aromatic N) is 6. The number of hydrogen-bond acceptors (Lipinski definition) is 10. The van der Waals surface area contributed by atoms with Crippen LogP contribution in [-0.2, 0) is 11.3 Å². The second-order valence-electron chi connectivity index (χ2n) is 8.81. The normalized spacial score (nSPS) is 15.1. The van der Waals surface area contributed by atoms with E-state index in [1.165, 1.54) is 6.26 Å². The van der Waals surface area contributed by atoms with Crippen molar-refractivity contribution in [3.05, 3.63) is 64.1 Å². The Morgan fingerprint density at radius 1 is 1.11 bits per heavy atom. The molecule has 38 heavy (non-hydrogen) atoms.